The quantitative estimate of drug-likeness (QED) is 0.426. The van der Waals surface area contributed by atoms with Gasteiger partial charge in [0, 0.05) is 133 Å². The topological polar surface area (TPSA) is 57.5 Å². The van der Waals surface area contributed by atoms with E-state index in [1.54, 1.807) is 0 Å². The second kappa shape index (κ2) is 16.8. The van der Waals surface area contributed by atoms with E-state index in [0.717, 1.165) is 0 Å². The van der Waals surface area contributed by atoms with Crippen molar-refractivity contribution < 1.29 is 62.7 Å². The molecule has 0 saturated carbocycles. The molecule has 3 nitrogen and oxygen atoms in total. The third kappa shape index (κ3) is 37.9. The van der Waals surface area contributed by atoms with Crippen LogP contribution in [0.2, 0.25) is 0 Å². The second-order valence-corrected chi connectivity index (χ2v) is 0.692. The molecule has 0 spiro atoms. The summed E-state index contributed by atoms with van der Waals surface area (Å²) in [6.45, 7) is 0. The van der Waals surface area contributed by atoms with Crippen molar-refractivity contribution in [1.82, 2.24) is 0 Å². The van der Waals surface area contributed by atoms with Gasteiger partial charge >= 0.3 is 0 Å². The molecule has 2 N–H and O–H groups in total. The van der Waals surface area contributed by atoms with Crippen LogP contribution in [0.3, 0.4) is 0 Å². The van der Waals surface area contributed by atoms with Crippen molar-refractivity contribution in [3.8, 4) is 0 Å². The van der Waals surface area contributed by atoms with E-state index in [1.165, 1.54) is 0 Å². The largest absolute Gasteiger partial charge is 0.299 e. The molecule has 0 aromatic rings. The molecule has 0 aliphatic heterocycles. The van der Waals surface area contributed by atoms with Crippen LogP contribution < -0.4 is 0 Å². The molecule has 0 bridgehead atoms. The molecule has 0 heterocycles. The Bertz CT molecular complexity index is 37.9. The van der Waals surface area contributed by atoms with Crippen LogP contribution in [0.4, 0.5) is 0 Å². The summed E-state index contributed by atoms with van der Waals surface area (Å²) >= 11 is -2.61. The molecule has 0 aliphatic rings. The molecule has 0 saturated heterocycles. The predicted octanol–water partition coefficient (Wildman–Crippen LogP) is -1.08. The van der Waals surface area contributed by atoms with Crippen LogP contribution in [-0.4, -0.2) is 96.5 Å². The van der Waals surface area contributed by atoms with Gasteiger partial charge in [-0.25, -0.2) is 0 Å². The van der Waals surface area contributed by atoms with Crippen molar-refractivity contribution in [1.29, 1.82) is 0 Å². The van der Waals surface area contributed by atoms with Crippen LogP contribution in [-0.2, 0) is 11.4 Å². The van der Waals surface area contributed by atoms with Gasteiger partial charge in [-0.2, -0.15) is 4.21 Å². The van der Waals surface area contributed by atoms with Gasteiger partial charge < -0.3 is 0 Å². The van der Waals surface area contributed by atoms with Gasteiger partial charge in [-0.1, -0.05) is 0 Å². The van der Waals surface area contributed by atoms with E-state index in [-0.39, 0.29) is 133 Å². The van der Waals surface area contributed by atoms with Gasteiger partial charge in [0.2, 0.25) is 0 Å². The maximum Gasteiger partial charge on any atom is 0.299 e. The normalized spacial score (nSPS) is 5.00. The molecule has 0 aromatic carbocycles. The van der Waals surface area contributed by atoms with Gasteiger partial charge in [-0.15, -0.1) is 0 Å². The Kier molecular flexibility index (Phi) is 54.0. The average Bonchev–Trinajstić information content (AvgIpc) is 0.811. The summed E-state index contributed by atoms with van der Waals surface area (Å²) in [4.78, 5) is 0. The van der Waals surface area contributed by atoms with Gasteiger partial charge in [0.05, 0.1) is 0 Å². The first-order chi connectivity index (χ1) is 1.73. The van der Waals surface area contributed by atoms with Crippen LogP contribution in [0.15, 0.2) is 0 Å². The Balaban J connectivity index is -0.0000000150. The van der Waals surface area contributed by atoms with E-state index in [2.05, 4.69) is 0 Å². The van der Waals surface area contributed by atoms with Crippen molar-refractivity contribution in [3.63, 3.8) is 0 Å². The molecule has 0 aromatic heterocycles. The molecule has 0 aliphatic carbocycles. The summed E-state index contributed by atoms with van der Waals surface area (Å²) in [5, 5.41) is 0. The van der Waals surface area contributed by atoms with Crippen molar-refractivity contribution >= 4 is 94.6 Å². The summed E-state index contributed by atoms with van der Waals surface area (Å²) in [6.07, 6.45) is 0. The Morgan fingerprint density at radius 2 is 1.29 bits per heavy atom. The fourth-order valence-corrected chi connectivity index (χ4v) is 0. The van der Waals surface area contributed by atoms with Crippen LogP contribution in [0.1, 0.15) is 0 Å². The molecule has 7 heteroatoms. The van der Waals surface area contributed by atoms with Gasteiger partial charge in [0.15, 0.2) is 0 Å². The smallest absolute Gasteiger partial charge is 0.284 e. The Morgan fingerprint density at radius 1 is 1.29 bits per heavy atom. The first kappa shape index (κ1) is 22.5. The summed E-state index contributed by atoms with van der Waals surface area (Å²) in [5.41, 5.74) is 0. The van der Waals surface area contributed by atoms with Gasteiger partial charge in [-0.05, 0) is 0 Å². The maximum absolute atomic E-state index is 8.67. The van der Waals surface area contributed by atoms with Crippen LogP contribution in [0.5, 0.6) is 0 Å². The summed E-state index contributed by atoms with van der Waals surface area (Å²) in [7, 11) is 0. The van der Waals surface area contributed by atoms with Crippen molar-refractivity contribution in [2.24, 2.45) is 0 Å². The number of rotatable bonds is 0. The zero-order valence-electron chi connectivity index (χ0n) is 3.50. The fourth-order valence-electron chi connectivity index (χ4n) is 0. The van der Waals surface area contributed by atoms with Gasteiger partial charge in [0.1, 0.15) is 0 Å². The molecule has 0 unspecified atom stereocenters. The Morgan fingerprint density at radius 3 is 1.29 bits per heavy atom. The average molecular weight is 362 g/mol. The predicted molar refractivity (Wildman–Crippen MR) is 24.9 cm³/mol. The zero-order valence-corrected chi connectivity index (χ0v) is 12.4. The monoisotopic (exact) mass is 363 g/mol. The van der Waals surface area contributed by atoms with E-state index >= 15 is 0 Å². The van der Waals surface area contributed by atoms with E-state index in [0.29, 0.717) is 0 Å². The minimum atomic E-state index is -2.61. The third-order valence-corrected chi connectivity index (χ3v) is 0. The van der Waals surface area contributed by atoms with Crippen molar-refractivity contribution in [2.45, 2.75) is 0 Å². The van der Waals surface area contributed by atoms with E-state index in [1.807, 2.05) is 0 Å². The van der Waals surface area contributed by atoms with E-state index in [4.69, 9.17) is 13.3 Å². The number of hydrogen-bond donors (Lipinski definition) is 2. The first-order valence-corrected chi connectivity index (χ1v) is 1.60. The molecule has 5 radical (unpaired) electrons. The molecular weight excluding hydrogens is 360 g/mol. The summed E-state index contributed by atoms with van der Waals surface area (Å²) < 4.78 is 22.8. The second-order valence-electron chi connectivity index (χ2n) is 0.231. The van der Waals surface area contributed by atoms with Gasteiger partial charge in [0.25, 0.3) is 11.4 Å². The molecular formula is H2CaEuO3SSr. The van der Waals surface area contributed by atoms with Crippen LogP contribution >= 0.6 is 0 Å². The van der Waals surface area contributed by atoms with Gasteiger partial charge in [-0.3, -0.25) is 9.11 Å². The molecule has 0 fully saturated rings. The summed E-state index contributed by atoms with van der Waals surface area (Å²) in [5.74, 6) is 0. The molecule has 0 atom stereocenters. The van der Waals surface area contributed by atoms with Crippen molar-refractivity contribution in [3.05, 3.63) is 0 Å². The fraction of sp³-hybridized carbons (Fsp3) is 0. The minimum Gasteiger partial charge on any atom is -0.284 e. The van der Waals surface area contributed by atoms with E-state index in [9.17, 15) is 0 Å². The minimum absolute atomic E-state index is 0. The molecule has 0 rings (SSSR count). The van der Waals surface area contributed by atoms with Crippen LogP contribution in [0.25, 0.3) is 0 Å². The van der Waals surface area contributed by atoms with E-state index < -0.39 is 11.4 Å². The Hall–Kier alpha value is 4.39. The number of hydrogen-bond acceptors (Lipinski definition) is 1. The third-order valence-electron chi connectivity index (χ3n) is 0. The standard InChI is InChI=1S/Ca.Eu.H2O3S.Sr/c;;1-4(2)3;/h;;(H2,1,2,3);. The SMILES string of the molecule is O=S(O)O.[Ca].[Eu].[Sr]. The molecule has 0 amide bonds. The Labute approximate surface area is 152 Å². The van der Waals surface area contributed by atoms with Crippen molar-refractivity contribution in [2.75, 3.05) is 0 Å². The summed E-state index contributed by atoms with van der Waals surface area (Å²) in [6, 6.07) is 0. The molecule has 7 heavy (non-hydrogen) atoms. The zero-order chi connectivity index (χ0) is 3.58. The maximum atomic E-state index is 8.67. The van der Waals surface area contributed by atoms with Crippen LogP contribution in [0, 0.1) is 49.4 Å². The first-order valence-electron chi connectivity index (χ1n) is 0.532. The molecule has 37 valence electrons.